The molecule has 0 aromatic heterocycles. The molecule has 0 aliphatic carbocycles. The normalized spacial score (nSPS) is 12.5. The quantitative estimate of drug-likeness (QED) is 0.0418. The molecule has 0 fully saturated rings. The Hall–Kier alpha value is -0.600. The van der Waals surface area contributed by atoms with Gasteiger partial charge in [0.05, 0.1) is 12.3 Å². The van der Waals surface area contributed by atoms with E-state index in [-0.39, 0.29) is 88.7 Å². The van der Waals surface area contributed by atoms with Crippen molar-refractivity contribution in [1.29, 1.82) is 0 Å². The molecule has 1 aromatic rings. The number of nitrogens with one attached hydrogen (secondary N) is 1. The summed E-state index contributed by atoms with van der Waals surface area (Å²) in [7, 11) is -10.0. The van der Waals surface area contributed by atoms with Gasteiger partial charge in [-0.3, -0.25) is 14.4 Å². The number of carbonyl (C=O) groups is 4. The van der Waals surface area contributed by atoms with Gasteiger partial charge in [-0.25, -0.2) is 16.8 Å². The van der Waals surface area contributed by atoms with E-state index in [9.17, 15) is 45.1 Å². The van der Waals surface area contributed by atoms with Crippen molar-refractivity contribution in [3.8, 4) is 0 Å². The summed E-state index contributed by atoms with van der Waals surface area (Å²) in [5.74, 6) is -4.63. The minimum absolute atomic E-state index is 0. The van der Waals surface area contributed by atoms with E-state index in [0.717, 1.165) is 94.6 Å². The van der Waals surface area contributed by atoms with Crippen LogP contribution in [0.15, 0.2) is 37.4 Å². The Morgan fingerprint density at radius 2 is 0.753 bits per heavy atom. The number of benzene rings is 1. The van der Waals surface area contributed by atoms with E-state index in [2.05, 4.69) is 40.9 Å². The molecule has 4 unspecified atom stereocenters. The Kier molecular flexibility index (Phi) is 59.4. The smallest absolute Gasteiger partial charge is 0.747 e. The van der Waals surface area contributed by atoms with E-state index in [0.29, 0.717) is 25.7 Å². The van der Waals surface area contributed by atoms with Crippen molar-refractivity contribution in [2.45, 2.75) is 256 Å². The molecule has 0 saturated heterocycles. The molecule has 73 heavy (non-hydrogen) atoms. The second-order valence-electron chi connectivity index (χ2n) is 18.3. The Balaban J connectivity index is -0.000000342. The summed E-state index contributed by atoms with van der Waals surface area (Å²) in [5.41, 5.74) is 14.2. The predicted molar refractivity (Wildman–Crippen MR) is 282 cm³/mol. The molecule has 19 heteroatoms. The van der Waals surface area contributed by atoms with Crippen molar-refractivity contribution < 1.29 is 143 Å². The molecule has 2 amide bonds. The Labute approximate surface area is 510 Å². The van der Waals surface area contributed by atoms with Crippen LogP contribution in [0.5, 0.6) is 0 Å². The summed E-state index contributed by atoms with van der Waals surface area (Å²) in [6.45, 7) is 16.0. The fourth-order valence-corrected chi connectivity index (χ4v) is 9.11. The van der Waals surface area contributed by atoms with Gasteiger partial charge in [-0.05, 0) is 62.5 Å². The van der Waals surface area contributed by atoms with E-state index in [1.807, 2.05) is 36.4 Å². The molecule has 0 aliphatic heterocycles. The summed E-state index contributed by atoms with van der Waals surface area (Å²) in [6, 6.07) is 8.02. The van der Waals surface area contributed by atoms with Gasteiger partial charge in [-0.2, -0.15) is 0 Å². The van der Waals surface area contributed by atoms with Gasteiger partial charge in [0, 0.05) is 6.42 Å². The third-order valence-electron chi connectivity index (χ3n) is 12.0. The van der Waals surface area contributed by atoms with Crippen molar-refractivity contribution in [2.75, 3.05) is 0 Å². The van der Waals surface area contributed by atoms with Crippen LogP contribution in [-0.2, 0) is 48.9 Å². The first kappa shape index (κ1) is 81.2. The molecule has 1 rings (SSSR count). The van der Waals surface area contributed by atoms with Gasteiger partial charge >= 0.3 is 101 Å². The molecule has 14 nitrogen and oxygen atoms in total. The number of hydrogen-bond donors (Lipinski definition) is 1. The molecule has 0 spiro atoms. The average molecular weight is 1100 g/mol. The van der Waals surface area contributed by atoms with Crippen molar-refractivity contribution >= 4 is 56.1 Å². The van der Waals surface area contributed by atoms with Crippen molar-refractivity contribution in [3.05, 3.63) is 54.3 Å². The molecule has 0 heterocycles. The molecule has 4 atom stereocenters. The van der Waals surface area contributed by atoms with Gasteiger partial charge in [0.2, 0.25) is 5.91 Å². The zero-order valence-corrected chi connectivity index (χ0v) is 54.2. The Morgan fingerprint density at radius 3 is 0.973 bits per heavy atom. The van der Waals surface area contributed by atoms with Gasteiger partial charge in [0.15, 0.2) is 10.5 Å². The maximum absolute atomic E-state index is 12.3. The van der Waals surface area contributed by atoms with Gasteiger partial charge in [-0.15, -0.1) is 0 Å². The van der Waals surface area contributed by atoms with E-state index in [1.54, 1.807) is 0 Å². The van der Waals surface area contributed by atoms with Crippen LogP contribution in [-0.4, -0.2) is 72.4 Å². The average Bonchev–Trinajstić information content (AvgIpc) is 3.30. The third kappa shape index (κ3) is 48.3. The molecule has 0 saturated carbocycles. The number of hydrogen-bond acceptors (Lipinski definition) is 12. The topological polar surface area (TPSA) is 251 Å². The van der Waals surface area contributed by atoms with Gasteiger partial charge in [0.25, 0.3) is 0 Å². The summed E-state index contributed by atoms with van der Waals surface area (Å²) in [4.78, 5) is 46.6. The molecule has 0 radical (unpaired) electrons. The fraction of sp³-hybridized carbons (Fsp3) is 0.741. The van der Waals surface area contributed by atoms with Crippen LogP contribution < -0.4 is 94.4 Å². The largest absolute Gasteiger partial charge is 1.00 e. The standard InChI is InChI=1S/2C22H43NO6S.C10H10.3Na/c2*1-3-5-7-9-11-13-15-17-19(16-14-12-10-8-6-4-2)29-22(25)20(18-21(23)24)30(26,27)28;1-3-9-7-5-6-8-10(9)4-2;;;/h19-20H,3-18H2,1-2H3,(H2,23,24)(H,26,27,28);19-20H,3-18H2,1-2H3,(H3,23,24,26,27,28);3-8H,1-2H2;;;/q;;;3*+1/p-3. The molecule has 0 bridgehead atoms. The second kappa shape index (κ2) is 53.4. The van der Waals surface area contributed by atoms with Crippen LogP contribution >= 0.6 is 0 Å². The van der Waals surface area contributed by atoms with Gasteiger partial charge in [0.1, 0.15) is 32.4 Å². The molecule has 3 N–H and O–H groups in total. The number of carbonyl (C=O) groups excluding carboxylic acids is 4. The summed E-state index contributed by atoms with van der Waals surface area (Å²) >= 11 is 0. The van der Waals surface area contributed by atoms with E-state index < -0.39 is 79.5 Å². The van der Waals surface area contributed by atoms with Crippen molar-refractivity contribution in [2.24, 2.45) is 5.73 Å². The fourth-order valence-electron chi connectivity index (χ4n) is 7.81. The second-order valence-corrected chi connectivity index (χ2v) is 21.5. The first-order chi connectivity index (χ1) is 33.3. The van der Waals surface area contributed by atoms with Crippen LogP contribution in [0, 0.1) is 0 Å². The molecule has 1 aromatic carbocycles. The van der Waals surface area contributed by atoms with Crippen LogP contribution in [0.1, 0.15) is 244 Å². The maximum Gasteiger partial charge on any atom is 1.00 e. The minimum Gasteiger partial charge on any atom is -0.747 e. The SMILES string of the molecule is C=Cc1ccccc1C=C.CCCCCCCCCC(CCCCCCCC)OC(=O)C(CC(N)=O)S(=O)(=O)[O-].CCCCCCCCCC(CCCCCCCC)OC(=O)C(CC([NH-])=O)S(=O)(=O)[O-].[Na+].[Na+].[Na+]. The summed E-state index contributed by atoms with van der Waals surface area (Å²) < 4.78 is 78.9. The van der Waals surface area contributed by atoms with Crippen molar-refractivity contribution in [1.82, 2.24) is 0 Å². The number of nitrogens with two attached hydrogens (primary N) is 1. The molecular weight excluding hydrogens is 1000 g/mol. The van der Waals surface area contributed by atoms with E-state index in [1.165, 1.54) is 83.5 Å². The first-order valence-electron chi connectivity index (χ1n) is 26.5. The number of unbranched alkanes of at least 4 members (excludes halogenated alkanes) is 22. The van der Waals surface area contributed by atoms with E-state index in [4.69, 9.17) is 20.9 Å². The molecule has 406 valence electrons. The molecular formula is C54H93N2Na3O12S2. The zero-order chi connectivity index (χ0) is 53.1. The monoisotopic (exact) mass is 1090 g/mol. The summed E-state index contributed by atoms with van der Waals surface area (Å²) in [5, 5.41) is -4.18. The summed E-state index contributed by atoms with van der Waals surface area (Å²) in [6.07, 6.45) is 32.3. The number of amides is 2. The number of esters is 2. The van der Waals surface area contributed by atoms with Crippen LogP contribution in [0.4, 0.5) is 0 Å². The Morgan fingerprint density at radius 1 is 0.507 bits per heavy atom. The third-order valence-corrected chi connectivity index (χ3v) is 14.1. The van der Waals surface area contributed by atoms with Crippen LogP contribution in [0.25, 0.3) is 17.9 Å². The maximum atomic E-state index is 12.3. The van der Waals surface area contributed by atoms with E-state index >= 15 is 0 Å². The number of primary amides is 1. The number of ether oxygens (including phenoxy) is 2. The van der Waals surface area contributed by atoms with Gasteiger partial charge < -0.3 is 34.8 Å². The van der Waals surface area contributed by atoms with Crippen LogP contribution in [0.2, 0.25) is 0 Å². The first-order valence-corrected chi connectivity index (χ1v) is 29.4. The van der Waals surface area contributed by atoms with Crippen molar-refractivity contribution in [3.63, 3.8) is 0 Å². The van der Waals surface area contributed by atoms with Gasteiger partial charge in [-0.1, -0.05) is 219 Å². The Bertz CT molecular complexity index is 1660. The van der Waals surface area contributed by atoms with Crippen LogP contribution in [0.3, 0.4) is 0 Å². The minimum atomic E-state index is -5.04. The molecule has 0 aliphatic rings. The zero-order valence-electron chi connectivity index (χ0n) is 46.6. The predicted octanol–water partition coefficient (Wildman–Crippen LogP) is 4.24. The number of rotatable bonds is 42.